The zero-order chi connectivity index (χ0) is 11.8. The van der Waals surface area contributed by atoms with Gasteiger partial charge in [0.2, 0.25) is 0 Å². The van der Waals surface area contributed by atoms with E-state index < -0.39 is 8.15 Å². The minimum absolute atomic E-state index is 0.343. The summed E-state index contributed by atoms with van der Waals surface area (Å²) in [5.74, 6) is 0. The van der Waals surface area contributed by atoms with E-state index in [1.54, 1.807) is 0 Å². The van der Waals surface area contributed by atoms with Gasteiger partial charge < -0.3 is 9.26 Å². The summed E-state index contributed by atoms with van der Waals surface area (Å²) >= 11 is 0. The van der Waals surface area contributed by atoms with Crippen LogP contribution >= 0.6 is 8.15 Å². The fourth-order valence-corrected chi connectivity index (χ4v) is 2.54. The molecule has 0 bridgehead atoms. The summed E-state index contributed by atoms with van der Waals surface area (Å²) in [7, 11) is -1.36. The third-order valence-corrected chi connectivity index (χ3v) is 3.57. The number of rotatable bonds is 6. The molecule has 0 fully saturated rings. The van der Waals surface area contributed by atoms with Gasteiger partial charge in [0.05, 0.1) is 6.61 Å². The third-order valence-electron chi connectivity index (χ3n) is 1.79. The maximum atomic E-state index is 13.8. The van der Waals surface area contributed by atoms with Crippen molar-refractivity contribution in [2.24, 2.45) is 0 Å². The topological polar surface area (TPSA) is 18.5 Å². The predicted molar refractivity (Wildman–Crippen MR) is 65.4 cm³/mol. The minimum Gasteiger partial charge on any atom is -0.498 e. The highest BCUT2D eigenvalue weighted by Crippen LogP contribution is 2.45. The molecular weight excluding hydrogens is 226 g/mol. The van der Waals surface area contributed by atoms with Crippen molar-refractivity contribution in [1.29, 1.82) is 0 Å². The average molecular weight is 242 g/mol. The van der Waals surface area contributed by atoms with E-state index in [2.05, 4.69) is 0 Å². The lowest BCUT2D eigenvalue weighted by atomic mass is 10.4. The average Bonchev–Trinajstić information content (AvgIpc) is 2.34. The standard InChI is InChI=1S/C12H16FO2P/c1-3-14-10-12(13)16(15-4-2)11-8-6-5-7-9-11/h5-10H,3-4H2,1-2H3/b12-10+. The molecule has 16 heavy (non-hydrogen) atoms. The van der Waals surface area contributed by atoms with E-state index in [1.165, 1.54) is 0 Å². The first-order valence-corrected chi connectivity index (χ1v) is 6.50. The lowest BCUT2D eigenvalue weighted by Gasteiger charge is -2.14. The summed E-state index contributed by atoms with van der Waals surface area (Å²) in [6.07, 6.45) is 1.15. The van der Waals surface area contributed by atoms with Gasteiger partial charge in [0, 0.05) is 11.9 Å². The number of hydrogen-bond acceptors (Lipinski definition) is 2. The molecule has 2 nitrogen and oxygen atoms in total. The zero-order valence-corrected chi connectivity index (χ0v) is 10.4. The zero-order valence-electron chi connectivity index (χ0n) is 9.52. The molecule has 1 unspecified atom stereocenters. The lowest BCUT2D eigenvalue weighted by Crippen LogP contribution is -2.03. The van der Waals surface area contributed by atoms with Crippen molar-refractivity contribution in [3.63, 3.8) is 0 Å². The molecule has 0 N–H and O–H groups in total. The molecule has 1 rings (SSSR count). The summed E-state index contributed by atoms with van der Waals surface area (Å²) in [5, 5.41) is 0.854. The van der Waals surface area contributed by atoms with Gasteiger partial charge in [0.25, 0.3) is 0 Å². The first kappa shape index (κ1) is 13.1. The van der Waals surface area contributed by atoms with Crippen molar-refractivity contribution in [2.75, 3.05) is 13.2 Å². The molecule has 0 aliphatic heterocycles. The second kappa shape index (κ2) is 7.37. The van der Waals surface area contributed by atoms with E-state index >= 15 is 0 Å². The molecule has 0 saturated heterocycles. The molecule has 88 valence electrons. The molecule has 1 atom stereocenters. The van der Waals surface area contributed by atoms with E-state index in [4.69, 9.17) is 9.26 Å². The van der Waals surface area contributed by atoms with Crippen molar-refractivity contribution in [1.82, 2.24) is 0 Å². The van der Waals surface area contributed by atoms with Gasteiger partial charge in [-0.3, -0.25) is 0 Å². The van der Waals surface area contributed by atoms with Crippen molar-refractivity contribution < 1.29 is 13.7 Å². The Morgan fingerprint density at radius 3 is 2.50 bits per heavy atom. The van der Waals surface area contributed by atoms with E-state index in [1.807, 2.05) is 44.2 Å². The lowest BCUT2D eigenvalue weighted by molar-refractivity contribution is 0.261. The molecule has 0 amide bonds. The summed E-state index contributed by atoms with van der Waals surface area (Å²) in [4.78, 5) is 0. The van der Waals surface area contributed by atoms with Gasteiger partial charge in [-0.05, 0) is 13.8 Å². The second-order valence-corrected chi connectivity index (χ2v) is 4.73. The van der Waals surface area contributed by atoms with Crippen LogP contribution in [-0.4, -0.2) is 13.2 Å². The number of halogens is 1. The van der Waals surface area contributed by atoms with Gasteiger partial charge >= 0.3 is 0 Å². The van der Waals surface area contributed by atoms with Crippen molar-refractivity contribution >= 4 is 13.5 Å². The van der Waals surface area contributed by atoms with Crippen LogP contribution in [0.2, 0.25) is 0 Å². The van der Waals surface area contributed by atoms with E-state index in [-0.39, 0.29) is 5.57 Å². The Hall–Kier alpha value is -0.920. The Balaban J connectivity index is 2.82. The van der Waals surface area contributed by atoms with Crippen LogP contribution in [-0.2, 0) is 9.26 Å². The van der Waals surface area contributed by atoms with Crippen LogP contribution < -0.4 is 5.30 Å². The van der Waals surface area contributed by atoms with Crippen LogP contribution in [0, 0.1) is 0 Å². The van der Waals surface area contributed by atoms with Crippen LogP contribution in [0.5, 0.6) is 0 Å². The molecular formula is C12H16FO2P. The molecule has 1 aromatic rings. The van der Waals surface area contributed by atoms with Crippen molar-refractivity contribution in [3.8, 4) is 0 Å². The van der Waals surface area contributed by atoms with E-state index in [0.29, 0.717) is 13.2 Å². The van der Waals surface area contributed by atoms with Gasteiger partial charge in [0.1, 0.15) is 14.4 Å². The van der Waals surface area contributed by atoms with E-state index in [0.717, 1.165) is 11.6 Å². The Kier molecular flexibility index (Phi) is 6.05. The van der Waals surface area contributed by atoms with Crippen LogP contribution in [0.1, 0.15) is 13.8 Å². The van der Waals surface area contributed by atoms with Crippen LogP contribution in [0.15, 0.2) is 42.2 Å². The summed E-state index contributed by atoms with van der Waals surface area (Å²) < 4.78 is 24.1. The molecule has 0 spiro atoms. The fourth-order valence-electron chi connectivity index (χ4n) is 1.15. The Bertz CT molecular complexity index is 327. The smallest absolute Gasteiger partial charge is 0.188 e. The first-order chi connectivity index (χ1) is 7.79. The molecule has 0 aliphatic rings. The number of ether oxygens (including phenoxy) is 1. The highest BCUT2D eigenvalue weighted by atomic mass is 31.1. The minimum atomic E-state index is -1.36. The number of hydrogen-bond donors (Lipinski definition) is 0. The highest BCUT2D eigenvalue weighted by molar-refractivity contribution is 7.64. The molecule has 4 heteroatoms. The molecule has 0 aliphatic carbocycles. The van der Waals surface area contributed by atoms with Gasteiger partial charge in [-0.1, -0.05) is 30.3 Å². The summed E-state index contributed by atoms with van der Waals surface area (Å²) in [5.41, 5.74) is -0.343. The number of benzene rings is 1. The molecule has 0 heterocycles. The van der Waals surface area contributed by atoms with Crippen LogP contribution in [0.4, 0.5) is 4.39 Å². The summed E-state index contributed by atoms with van der Waals surface area (Å²) in [6, 6.07) is 9.36. The monoisotopic (exact) mass is 242 g/mol. The van der Waals surface area contributed by atoms with Gasteiger partial charge in [-0.15, -0.1) is 0 Å². The van der Waals surface area contributed by atoms with Crippen molar-refractivity contribution in [2.45, 2.75) is 13.8 Å². The molecule has 0 radical (unpaired) electrons. The SMILES string of the molecule is CCO/C=C(\F)P(OCC)c1ccccc1. The van der Waals surface area contributed by atoms with Crippen molar-refractivity contribution in [3.05, 3.63) is 42.2 Å². The third kappa shape index (κ3) is 3.92. The quantitative estimate of drug-likeness (QED) is 0.561. The van der Waals surface area contributed by atoms with E-state index in [9.17, 15) is 4.39 Å². The molecule has 1 aromatic carbocycles. The predicted octanol–water partition coefficient (Wildman–Crippen LogP) is 3.55. The van der Waals surface area contributed by atoms with Gasteiger partial charge in [-0.2, -0.15) is 0 Å². The molecule has 0 aromatic heterocycles. The molecule has 0 saturated carbocycles. The maximum absolute atomic E-state index is 13.8. The second-order valence-electron chi connectivity index (χ2n) is 2.94. The van der Waals surface area contributed by atoms with Gasteiger partial charge in [-0.25, -0.2) is 4.39 Å². The Morgan fingerprint density at radius 2 is 1.94 bits per heavy atom. The largest absolute Gasteiger partial charge is 0.498 e. The fraction of sp³-hybridized carbons (Fsp3) is 0.333. The Morgan fingerprint density at radius 1 is 1.25 bits per heavy atom. The first-order valence-electron chi connectivity index (χ1n) is 5.25. The summed E-state index contributed by atoms with van der Waals surface area (Å²) in [6.45, 7) is 4.60. The Labute approximate surface area is 96.9 Å². The van der Waals surface area contributed by atoms with Crippen LogP contribution in [0.3, 0.4) is 0 Å². The normalized spacial score (nSPS) is 13.6. The highest BCUT2D eigenvalue weighted by Gasteiger charge is 2.17. The maximum Gasteiger partial charge on any atom is 0.188 e. The van der Waals surface area contributed by atoms with Gasteiger partial charge in [0.15, 0.2) is 5.57 Å². The van der Waals surface area contributed by atoms with Crippen LogP contribution in [0.25, 0.3) is 0 Å².